The zero-order valence-electron chi connectivity index (χ0n) is 35.6. The number of ether oxygens (including phenoxy) is 9. The number of rotatable bonds is 21. The van der Waals surface area contributed by atoms with Gasteiger partial charge in [-0.3, -0.25) is 0 Å². The van der Waals surface area contributed by atoms with E-state index in [-0.39, 0.29) is 19.3 Å². The first-order valence-electron chi connectivity index (χ1n) is 20.0. The van der Waals surface area contributed by atoms with Crippen molar-refractivity contribution in [3.05, 3.63) is 76.9 Å². The summed E-state index contributed by atoms with van der Waals surface area (Å²) >= 11 is 0. The van der Waals surface area contributed by atoms with Crippen LogP contribution >= 0.6 is 0 Å². The van der Waals surface area contributed by atoms with E-state index >= 15 is 0 Å². The second-order valence-corrected chi connectivity index (χ2v) is 15.3. The van der Waals surface area contributed by atoms with Crippen molar-refractivity contribution in [1.29, 1.82) is 0 Å². The predicted octanol–water partition coefficient (Wildman–Crippen LogP) is 6.27. The minimum absolute atomic E-state index is 0.0869. The molecule has 0 aliphatic carbocycles. The van der Waals surface area contributed by atoms with E-state index in [1.165, 1.54) is 11.1 Å². The molecule has 2 unspecified atom stereocenters. The van der Waals surface area contributed by atoms with Crippen LogP contribution in [0, 0.1) is 0 Å². The van der Waals surface area contributed by atoms with Crippen LogP contribution in [0.2, 0.25) is 0 Å². The molecule has 58 heavy (non-hydrogen) atoms. The molecule has 0 spiro atoms. The molecule has 2 aliphatic heterocycles. The number of carbonyl (C=O) groups is 2. The van der Waals surface area contributed by atoms with Crippen LogP contribution in [0.3, 0.4) is 0 Å². The van der Waals surface area contributed by atoms with Gasteiger partial charge < -0.3 is 51.6 Å². The highest BCUT2D eigenvalue weighted by molar-refractivity contribution is 5.91. The Hall–Kier alpha value is -5.14. The number of esters is 2. The van der Waals surface area contributed by atoms with E-state index in [9.17, 15) is 9.59 Å². The summed E-state index contributed by atoms with van der Waals surface area (Å²) in [5.41, 5.74) is 4.65. The number of benzene rings is 3. The molecular weight excluding hydrogens is 744 g/mol. The molecule has 1 fully saturated rings. The molecule has 0 N–H and O–H groups in total. The highest BCUT2D eigenvalue weighted by Gasteiger charge is 2.40. The summed E-state index contributed by atoms with van der Waals surface area (Å²) in [4.78, 5) is 25.2. The Morgan fingerprint density at radius 1 is 0.621 bits per heavy atom. The summed E-state index contributed by atoms with van der Waals surface area (Å²) in [5.74, 6) is 3.47. The Kier molecular flexibility index (Phi) is 15.6. The molecule has 0 aromatic heterocycles. The average Bonchev–Trinajstić information content (AvgIpc) is 3.71. The highest BCUT2D eigenvalue weighted by atomic mass is 16.5. The van der Waals surface area contributed by atoms with Gasteiger partial charge in [0.25, 0.3) is 0 Å². The van der Waals surface area contributed by atoms with Crippen LogP contribution in [0.5, 0.6) is 40.2 Å². The molecule has 1 saturated heterocycles. The zero-order valence-corrected chi connectivity index (χ0v) is 35.6. The summed E-state index contributed by atoms with van der Waals surface area (Å²) in [6.07, 6.45) is 7.54. The van der Waals surface area contributed by atoms with E-state index in [1.54, 1.807) is 49.8 Å². The van der Waals surface area contributed by atoms with Crippen molar-refractivity contribution < 1.29 is 61.2 Å². The van der Waals surface area contributed by atoms with Crippen molar-refractivity contribution in [3.8, 4) is 40.2 Å². The van der Waals surface area contributed by atoms with Gasteiger partial charge in [0.15, 0.2) is 34.5 Å². The van der Waals surface area contributed by atoms with Crippen molar-refractivity contribution in [2.45, 2.75) is 51.1 Å². The lowest BCUT2D eigenvalue weighted by Gasteiger charge is -2.46. The number of likely N-dealkylation sites (tertiary alicyclic amines) is 1. The lowest BCUT2D eigenvalue weighted by Crippen LogP contribution is -2.52. The second kappa shape index (κ2) is 20.5. The summed E-state index contributed by atoms with van der Waals surface area (Å²) in [7, 11) is 13.7. The SMILES string of the molecule is COc1ccc(CC2c3cc(OC)c(OC)cc3CC[N+]2(C)CCCOC(=O)C=CC(=O)OCCC[N+]2(Cc3cc(OC)c(OC)c(OC)c3)CCCC2)cc1OC. The fraction of sp³-hybridized carbons (Fsp3) is 0.511. The number of likely N-dealkylation sites (N-methyl/N-ethyl adjacent to an activating group) is 1. The quantitative estimate of drug-likeness (QED) is 0.0525. The molecule has 13 heteroatoms. The molecule has 0 saturated carbocycles. The number of hydrogen-bond donors (Lipinski definition) is 0. The van der Waals surface area contributed by atoms with Crippen molar-refractivity contribution in [1.82, 2.24) is 0 Å². The van der Waals surface area contributed by atoms with Gasteiger partial charge in [0.1, 0.15) is 12.6 Å². The standard InChI is InChI=1S/C45H62N2O11/c1-46(22-17-34-29-39(52-4)40(53-5)30-35(34)36(46)25-32-13-14-37(50-2)38(26-32)51-3)18-11-23-57-43(48)15-16-44(49)58-24-12-21-47(19-9-10-20-47)31-33-27-41(54-6)45(56-8)42(28-33)55-7/h13-16,26-30,36H,9-12,17-25,31H2,1-8H3/q+2. The number of fused-ring (bicyclic) bond motifs is 1. The van der Waals surface area contributed by atoms with Crippen LogP contribution in [-0.4, -0.2) is 124 Å². The van der Waals surface area contributed by atoms with Gasteiger partial charge in [-0.05, 0) is 47.5 Å². The van der Waals surface area contributed by atoms with Gasteiger partial charge in [0, 0.05) is 61.8 Å². The van der Waals surface area contributed by atoms with Crippen molar-refractivity contribution in [2.24, 2.45) is 0 Å². The van der Waals surface area contributed by atoms with Crippen LogP contribution in [0.25, 0.3) is 0 Å². The molecule has 2 heterocycles. The van der Waals surface area contributed by atoms with Crippen LogP contribution in [0.4, 0.5) is 0 Å². The summed E-state index contributed by atoms with van der Waals surface area (Å²) < 4.78 is 51.7. The number of hydrogen-bond acceptors (Lipinski definition) is 11. The molecule has 3 aromatic rings. The van der Waals surface area contributed by atoms with Crippen LogP contribution in [0.1, 0.15) is 54.0 Å². The Morgan fingerprint density at radius 2 is 1.16 bits per heavy atom. The molecule has 3 aromatic carbocycles. The van der Waals surface area contributed by atoms with Gasteiger partial charge >= 0.3 is 11.9 Å². The predicted molar refractivity (Wildman–Crippen MR) is 219 cm³/mol. The van der Waals surface area contributed by atoms with Gasteiger partial charge in [0.2, 0.25) is 5.75 Å². The zero-order chi connectivity index (χ0) is 41.7. The lowest BCUT2D eigenvalue weighted by molar-refractivity contribution is -0.941. The molecule has 0 amide bonds. The molecule has 5 rings (SSSR count). The second-order valence-electron chi connectivity index (χ2n) is 15.3. The topological polar surface area (TPSA) is 117 Å². The maximum Gasteiger partial charge on any atom is 0.331 e. The minimum atomic E-state index is -0.575. The first-order chi connectivity index (χ1) is 28.0. The number of methoxy groups -OCH3 is 7. The van der Waals surface area contributed by atoms with Gasteiger partial charge in [-0.15, -0.1) is 0 Å². The maximum absolute atomic E-state index is 12.6. The summed E-state index contributed by atoms with van der Waals surface area (Å²) in [5, 5.41) is 0. The normalized spacial score (nSPS) is 18.2. The Morgan fingerprint density at radius 3 is 1.72 bits per heavy atom. The van der Waals surface area contributed by atoms with Crippen LogP contribution < -0.4 is 33.2 Å². The third-order valence-electron chi connectivity index (χ3n) is 11.7. The van der Waals surface area contributed by atoms with E-state index in [2.05, 4.69) is 25.2 Å². The van der Waals surface area contributed by atoms with Crippen molar-refractivity contribution >= 4 is 11.9 Å². The molecule has 2 aliphatic rings. The van der Waals surface area contributed by atoms with Gasteiger partial charge in [-0.25, -0.2) is 9.59 Å². The number of nitrogens with zero attached hydrogens (tertiary/aromatic N) is 2. The third kappa shape index (κ3) is 10.7. The fourth-order valence-electron chi connectivity index (χ4n) is 8.64. The molecule has 0 radical (unpaired) electrons. The summed E-state index contributed by atoms with van der Waals surface area (Å²) in [6.45, 7) is 5.90. The molecule has 2 atom stereocenters. The van der Waals surface area contributed by atoms with E-state index in [1.807, 2.05) is 24.3 Å². The van der Waals surface area contributed by atoms with Crippen molar-refractivity contribution in [2.75, 3.05) is 103 Å². The molecular formula is C45H62N2O11+2. The van der Waals surface area contributed by atoms with Crippen LogP contribution in [-0.2, 0) is 38.4 Å². The van der Waals surface area contributed by atoms with Gasteiger partial charge in [0.05, 0.1) is 103 Å². The first kappa shape index (κ1) is 44.0. The number of carbonyl (C=O) groups excluding carboxylic acids is 2. The first-order valence-corrected chi connectivity index (χ1v) is 20.0. The molecule has 316 valence electrons. The molecule has 0 bridgehead atoms. The Balaban J connectivity index is 1.12. The minimum Gasteiger partial charge on any atom is -0.493 e. The highest BCUT2D eigenvalue weighted by Crippen LogP contribution is 2.43. The fourth-order valence-corrected chi connectivity index (χ4v) is 8.64. The monoisotopic (exact) mass is 806 g/mol. The van der Waals surface area contributed by atoms with Crippen molar-refractivity contribution in [3.63, 3.8) is 0 Å². The summed E-state index contributed by atoms with van der Waals surface area (Å²) in [6, 6.07) is 14.3. The maximum atomic E-state index is 12.6. The number of quaternary nitrogens is 2. The Labute approximate surface area is 343 Å². The van der Waals surface area contributed by atoms with E-state index in [0.717, 1.165) is 97.2 Å². The average molecular weight is 807 g/mol. The van der Waals surface area contributed by atoms with Gasteiger partial charge in [-0.2, -0.15) is 0 Å². The molecule has 13 nitrogen and oxygen atoms in total. The third-order valence-corrected chi connectivity index (χ3v) is 11.7. The van der Waals surface area contributed by atoms with Crippen LogP contribution in [0.15, 0.2) is 54.6 Å². The van der Waals surface area contributed by atoms with E-state index < -0.39 is 11.9 Å². The Bertz CT molecular complexity index is 1870. The lowest BCUT2D eigenvalue weighted by atomic mass is 9.86. The van der Waals surface area contributed by atoms with E-state index in [0.29, 0.717) is 53.1 Å². The van der Waals surface area contributed by atoms with Gasteiger partial charge in [-0.1, -0.05) is 6.07 Å². The van der Waals surface area contributed by atoms with E-state index in [4.69, 9.17) is 42.6 Å². The smallest absolute Gasteiger partial charge is 0.331 e. The largest absolute Gasteiger partial charge is 0.493 e.